The number of amides is 2. The molecule has 1 unspecified atom stereocenters. The maximum absolute atomic E-state index is 13.1. The molecule has 194 valence electrons. The van der Waals surface area contributed by atoms with Crippen LogP contribution in [0.15, 0.2) is 36.2 Å². The first-order chi connectivity index (χ1) is 17.1. The normalized spacial score (nSPS) is 19.1. The van der Waals surface area contributed by atoms with Gasteiger partial charge in [0.15, 0.2) is 0 Å². The minimum Gasteiger partial charge on any atom is -0.360 e. The molecule has 2 aliphatic rings. The van der Waals surface area contributed by atoms with Crippen LogP contribution in [-0.4, -0.2) is 64.9 Å². The molecular formula is C25H31F3N6O2. The summed E-state index contributed by atoms with van der Waals surface area (Å²) < 4.78 is 39.2. The van der Waals surface area contributed by atoms with Gasteiger partial charge in [-0.2, -0.15) is 13.2 Å². The van der Waals surface area contributed by atoms with Crippen LogP contribution >= 0.6 is 0 Å². The number of hydrogen-bond donors (Lipinski definition) is 3. The molecule has 3 N–H and O–H groups in total. The lowest BCUT2D eigenvalue weighted by molar-refractivity contribution is -0.137. The Hall–Kier alpha value is -3.21. The van der Waals surface area contributed by atoms with Crippen LogP contribution in [-0.2, 0) is 15.8 Å². The van der Waals surface area contributed by atoms with Crippen LogP contribution < -0.4 is 16.0 Å². The van der Waals surface area contributed by atoms with Crippen molar-refractivity contribution < 1.29 is 22.8 Å². The van der Waals surface area contributed by atoms with Gasteiger partial charge in [-0.3, -0.25) is 14.5 Å². The Morgan fingerprint density at radius 2 is 1.97 bits per heavy atom. The predicted molar refractivity (Wildman–Crippen MR) is 130 cm³/mol. The molecule has 8 nitrogen and oxygen atoms in total. The number of carbonyl (C=O) groups excluding carboxylic acids is 2. The van der Waals surface area contributed by atoms with Crippen molar-refractivity contribution in [3.05, 3.63) is 41.7 Å². The van der Waals surface area contributed by atoms with Crippen molar-refractivity contribution in [1.82, 2.24) is 25.5 Å². The smallest absolute Gasteiger partial charge is 0.360 e. The number of benzene rings is 1. The molecule has 4 rings (SSSR count). The quantitative estimate of drug-likeness (QED) is 0.478. The lowest BCUT2D eigenvalue weighted by atomic mass is 9.91. The van der Waals surface area contributed by atoms with E-state index in [0.717, 1.165) is 44.5 Å². The first kappa shape index (κ1) is 25.9. The van der Waals surface area contributed by atoms with Gasteiger partial charge in [-0.15, -0.1) is 0 Å². The van der Waals surface area contributed by atoms with Gasteiger partial charge < -0.3 is 16.0 Å². The van der Waals surface area contributed by atoms with Crippen LogP contribution in [0.3, 0.4) is 0 Å². The molecule has 2 amide bonds. The molecule has 11 heteroatoms. The molecular weight excluding hydrogens is 473 g/mol. The third-order valence-electron chi connectivity index (χ3n) is 6.66. The van der Waals surface area contributed by atoms with Gasteiger partial charge in [-0.1, -0.05) is 25.5 Å². The summed E-state index contributed by atoms with van der Waals surface area (Å²) in [6.45, 7) is 5.77. The third kappa shape index (κ3) is 6.31. The Bertz CT molecular complexity index is 1140. The highest BCUT2D eigenvalue weighted by Gasteiger charge is 2.34. The highest BCUT2D eigenvalue weighted by atomic mass is 19.4. The van der Waals surface area contributed by atoms with E-state index in [1.54, 1.807) is 0 Å². The van der Waals surface area contributed by atoms with E-state index in [1.807, 2.05) is 13.8 Å². The van der Waals surface area contributed by atoms with Crippen LogP contribution in [0.25, 0.3) is 10.9 Å². The number of halogens is 3. The Kier molecular flexibility index (Phi) is 7.77. The van der Waals surface area contributed by atoms with Gasteiger partial charge in [-0.05, 0) is 37.5 Å². The second kappa shape index (κ2) is 10.8. The summed E-state index contributed by atoms with van der Waals surface area (Å²) in [5, 5.41) is 8.98. The van der Waals surface area contributed by atoms with E-state index in [9.17, 15) is 22.8 Å². The van der Waals surface area contributed by atoms with Crippen molar-refractivity contribution in [2.45, 2.75) is 51.4 Å². The minimum atomic E-state index is -4.48. The van der Waals surface area contributed by atoms with E-state index in [4.69, 9.17) is 0 Å². The number of rotatable bonds is 8. The molecule has 1 aromatic carbocycles. The second-order valence-corrected chi connectivity index (χ2v) is 9.69. The summed E-state index contributed by atoms with van der Waals surface area (Å²) in [6, 6.07) is 3.72. The molecule has 1 aliphatic heterocycles. The fourth-order valence-electron chi connectivity index (χ4n) is 4.49. The summed E-state index contributed by atoms with van der Waals surface area (Å²) in [7, 11) is 0. The van der Waals surface area contributed by atoms with Gasteiger partial charge in [0.2, 0.25) is 11.8 Å². The summed E-state index contributed by atoms with van der Waals surface area (Å²) in [5.41, 5.74) is 0.829. The summed E-state index contributed by atoms with van der Waals surface area (Å²) in [6.07, 6.45) is 1.88. The Balaban J connectivity index is 1.21. The molecule has 0 saturated carbocycles. The van der Waals surface area contributed by atoms with Crippen molar-refractivity contribution in [3.8, 4) is 0 Å². The third-order valence-corrected chi connectivity index (χ3v) is 6.66. The van der Waals surface area contributed by atoms with E-state index >= 15 is 0 Å². The highest BCUT2D eigenvalue weighted by Crippen LogP contribution is 2.32. The average molecular weight is 505 g/mol. The van der Waals surface area contributed by atoms with Crippen LogP contribution in [0.5, 0.6) is 0 Å². The lowest BCUT2D eigenvalue weighted by Crippen LogP contribution is -2.62. The number of nitrogens with one attached hydrogen (secondary N) is 3. The summed E-state index contributed by atoms with van der Waals surface area (Å²) in [5.74, 6) is -0.0169. The van der Waals surface area contributed by atoms with Gasteiger partial charge in [0.05, 0.1) is 23.7 Å². The van der Waals surface area contributed by atoms with Crippen LogP contribution in [0.4, 0.5) is 19.0 Å². The number of alkyl halides is 3. The lowest BCUT2D eigenvalue weighted by Gasteiger charge is -2.45. The molecule has 0 bridgehead atoms. The summed E-state index contributed by atoms with van der Waals surface area (Å²) in [4.78, 5) is 34.5. The Morgan fingerprint density at radius 1 is 1.19 bits per heavy atom. The molecule has 2 heterocycles. The topological polar surface area (TPSA) is 99.2 Å². The van der Waals surface area contributed by atoms with Gasteiger partial charge in [-0.25, -0.2) is 9.97 Å². The fraction of sp³-hybridized carbons (Fsp3) is 0.520. The van der Waals surface area contributed by atoms with Crippen LogP contribution in [0.1, 0.15) is 38.7 Å². The van der Waals surface area contributed by atoms with Gasteiger partial charge in [0, 0.05) is 37.0 Å². The van der Waals surface area contributed by atoms with Gasteiger partial charge in [0.1, 0.15) is 12.1 Å². The maximum atomic E-state index is 13.1. The number of aromatic nitrogens is 2. The second-order valence-electron chi connectivity index (χ2n) is 9.69. The average Bonchev–Trinajstić information content (AvgIpc) is 2.82. The van der Waals surface area contributed by atoms with E-state index < -0.39 is 11.7 Å². The summed E-state index contributed by atoms with van der Waals surface area (Å²) >= 11 is 0. The van der Waals surface area contributed by atoms with Crippen molar-refractivity contribution >= 4 is 28.5 Å². The molecule has 0 spiro atoms. The zero-order chi connectivity index (χ0) is 25.9. The molecule has 1 aromatic heterocycles. The minimum absolute atomic E-state index is 0.0204. The van der Waals surface area contributed by atoms with Crippen molar-refractivity contribution in [3.63, 3.8) is 0 Å². The van der Waals surface area contributed by atoms with Crippen LogP contribution in [0, 0.1) is 5.92 Å². The molecule has 1 atom stereocenters. The zero-order valence-electron chi connectivity index (χ0n) is 20.4. The number of fused-ring (bicyclic) bond motifs is 1. The van der Waals surface area contributed by atoms with Gasteiger partial charge in [0.25, 0.3) is 0 Å². The number of hydrogen-bond acceptors (Lipinski definition) is 6. The first-order valence-electron chi connectivity index (χ1n) is 12.1. The molecule has 36 heavy (non-hydrogen) atoms. The Morgan fingerprint density at radius 3 is 2.64 bits per heavy atom. The first-order valence-corrected chi connectivity index (χ1v) is 12.1. The highest BCUT2D eigenvalue weighted by molar-refractivity contribution is 5.91. The fourth-order valence-corrected chi connectivity index (χ4v) is 4.49. The Labute approximate surface area is 207 Å². The number of nitrogens with zero attached hydrogens (tertiary/aromatic N) is 3. The standard InChI is InChI=1S/C25H31F3N6O2/c1-15(2)24(36)30-10-16-3-6-19(7-4-16)34-12-18(13-34)33-22(35)11-29-23-20-9-17(25(26,27)28)5-8-21(20)31-14-32-23/h3,5,8-9,14-15,18-19H,4,6-7,10-13H2,1-2H3,(H,30,36)(H,33,35)(H,29,31,32). The largest absolute Gasteiger partial charge is 0.416 e. The van der Waals surface area contributed by atoms with E-state index in [1.165, 1.54) is 18.0 Å². The van der Waals surface area contributed by atoms with E-state index in [0.29, 0.717) is 18.1 Å². The monoisotopic (exact) mass is 504 g/mol. The molecule has 2 aromatic rings. The van der Waals surface area contributed by atoms with Crippen molar-refractivity contribution in [2.75, 3.05) is 31.5 Å². The van der Waals surface area contributed by atoms with Crippen molar-refractivity contribution in [2.24, 2.45) is 5.92 Å². The van der Waals surface area contributed by atoms with E-state index in [-0.39, 0.29) is 41.5 Å². The molecule has 1 fully saturated rings. The maximum Gasteiger partial charge on any atom is 0.416 e. The molecule has 0 radical (unpaired) electrons. The van der Waals surface area contributed by atoms with Crippen molar-refractivity contribution in [1.29, 1.82) is 0 Å². The van der Waals surface area contributed by atoms with E-state index in [2.05, 4.69) is 36.9 Å². The molecule has 1 saturated heterocycles. The van der Waals surface area contributed by atoms with Gasteiger partial charge >= 0.3 is 6.18 Å². The zero-order valence-corrected chi connectivity index (χ0v) is 20.4. The number of anilines is 1. The SMILES string of the molecule is CC(C)C(=O)NCC1=CCC(N2CC(NC(=O)CNc3ncnc4ccc(C(F)(F)F)cc34)C2)CC1. The van der Waals surface area contributed by atoms with Crippen LogP contribution in [0.2, 0.25) is 0 Å². The number of likely N-dealkylation sites (tertiary alicyclic amines) is 1. The predicted octanol–water partition coefficient (Wildman–Crippen LogP) is 3.11. The number of carbonyl (C=O) groups is 2. The molecule has 1 aliphatic carbocycles.